The van der Waals surface area contributed by atoms with Crippen LogP contribution < -0.4 is 5.73 Å². The van der Waals surface area contributed by atoms with Gasteiger partial charge in [-0.2, -0.15) is 5.26 Å². The molecular formula is C14H23N3O2. The highest BCUT2D eigenvalue weighted by Crippen LogP contribution is 2.43. The Morgan fingerprint density at radius 2 is 2.32 bits per heavy atom. The monoisotopic (exact) mass is 265 g/mol. The van der Waals surface area contributed by atoms with Crippen molar-refractivity contribution in [2.45, 2.75) is 51.1 Å². The van der Waals surface area contributed by atoms with Crippen LogP contribution in [0.4, 0.5) is 0 Å². The van der Waals surface area contributed by atoms with Crippen molar-refractivity contribution in [3.8, 4) is 6.07 Å². The molecule has 5 nitrogen and oxygen atoms in total. The first-order valence-corrected chi connectivity index (χ1v) is 7.10. The van der Waals surface area contributed by atoms with E-state index in [1.165, 1.54) is 0 Å². The molecule has 1 amide bonds. The number of amides is 1. The van der Waals surface area contributed by atoms with Crippen molar-refractivity contribution in [1.29, 1.82) is 5.26 Å². The third-order valence-electron chi connectivity index (χ3n) is 4.89. The molecule has 1 saturated heterocycles. The summed E-state index contributed by atoms with van der Waals surface area (Å²) in [6.45, 7) is 2.67. The first-order valence-electron chi connectivity index (χ1n) is 7.10. The molecule has 2 aliphatic rings. The minimum absolute atomic E-state index is 0.0403. The summed E-state index contributed by atoms with van der Waals surface area (Å²) in [5, 5.41) is 18.7. The molecule has 1 saturated carbocycles. The lowest BCUT2D eigenvalue weighted by atomic mass is 9.64. The van der Waals surface area contributed by atoms with E-state index in [4.69, 9.17) is 5.73 Å². The van der Waals surface area contributed by atoms with E-state index in [1.807, 2.05) is 0 Å². The van der Waals surface area contributed by atoms with E-state index >= 15 is 0 Å². The number of aliphatic hydroxyl groups excluding tert-OH is 1. The highest BCUT2D eigenvalue weighted by atomic mass is 16.3. The fourth-order valence-electron chi connectivity index (χ4n) is 3.17. The summed E-state index contributed by atoms with van der Waals surface area (Å²) >= 11 is 0. The van der Waals surface area contributed by atoms with Gasteiger partial charge in [-0.15, -0.1) is 0 Å². The molecule has 3 N–H and O–H groups in total. The fourth-order valence-corrected chi connectivity index (χ4v) is 3.17. The summed E-state index contributed by atoms with van der Waals surface area (Å²) in [5.41, 5.74) is 5.65. The topological polar surface area (TPSA) is 90.3 Å². The number of hydrogen-bond donors (Lipinski definition) is 2. The maximum absolute atomic E-state index is 12.5. The molecule has 1 aliphatic carbocycles. The molecule has 0 radical (unpaired) electrons. The molecule has 2 fully saturated rings. The summed E-state index contributed by atoms with van der Waals surface area (Å²) in [6.07, 6.45) is 4.26. The Labute approximate surface area is 114 Å². The quantitative estimate of drug-likeness (QED) is 0.783. The van der Waals surface area contributed by atoms with Gasteiger partial charge >= 0.3 is 0 Å². The Hall–Kier alpha value is -1.12. The fraction of sp³-hybridized carbons (Fsp3) is 0.857. The molecule has 1 aliphatic heterocycles. The average molecular weight is 265 g/mol. The molecule has 1 heterocycles. The first kappa shape index (κ1) is 14.3. The van der Waals surface area contributed by atoms with Gasteiger partial charge < -0.3 is 15.7 Å². The molecule has 0 aromatic rings. The van der Waals surface area contributed by atoms with Crippen LogP contribution in [0.3, 0.4) is 0 Å². The summed E-state index contributed by atoms with van der Waals surface area (Å²) in [4.78, 5) is 14.1. The lowest BCUT2D eigenvalue weighted by Gasteiger charge is -2.46. The van der Waals surface area contributed by atoms with E-state index in [-0.39, 0.29) is 18.6 Å². The van der Waals surface area contributed by atoms with Crippen molar-refractivity contribution < 1.29 is 9.90 Å². The Kier molecular flexibility index (Phi) is 4.12. The number of nitrogens with zero attached hydrogens (tertiary/aromatic N) is 2. The Morgan fingerprint density at radius 3 is 2.79 bits per heavy atom. The maximum Gasteiger partial charge on any atom is 0.241 e. The molecule has 19 heavy (non-hydrogen) atoms. The van der Waals surface area contributed by atoms with E-state index in [2.05, 4.69) is 13.0 Å². The lowest BCUT2D eigenvalue weighted by molar-refractivity contribution is -0.142. The number of nitriles is 1. The number of nitrogens with two attached hydrogens (primary N) is 1. The predicted octanol–water partition coefficient (Wildman–Crippen LogP) is 0.627. The molecule has 3 atom stereocenters. The van der Waals surface area contributed by atoms with Crippen molar-refractivity contribution >= 4 is 5.91 Å². The zero-order chi connectivity index (χ0) is 14.0. The zero-order valence-electron chi connectivity index (χ0n) is 11.5. The van der Waals surface area contributed by atoms with Crippen molar-refractivity contribution in [3.05, 3.63) is 0 Å². The van der Waals surface area contributed by atoms with Crippen LogP contribution in [0.15, 0.2) is 0 Å². The Morgan fingerprint density at radius 1 is 1.63 bits per heavy atom. The van der Waals surface area contributed by atoms with E-state index in [0.29, 0.717) is 12.5 Å². The minimum atomic E-state index is -0.671. The number of piperidine rings is 1. The smallest absolute Gasteiger partial charge is 0.241 e. The lowest BCUT2D eigenvalue weighted by Crippen LogP contribution is -2.60. The molecule has 0 bridgehead atoms. The van der Waals surface area contributed by atoms with Crippen LogP contribution in [0.5, 0.6) is 0 Å². The first-order chi connectivity index (χ1) is 9.04. The summed E-state index contributed by atoms with van der Waals surface area (Å²) in [6, 6.07) is 1.18. The number of carbonyl (C=O) groups is 1. The van der Waals surface area contributed by atoms with Crippen LogP contribution in [0, 0.1) is 22.7 Å². The van der Waals surface area contributed by atoms with Crippen molar-refractivity contribution in [2.75, 3.05) is 13.2 Å². The molecule has 0 aromatic heterocycles. The molecule has 2 rings (SSSR count). The number of carbonyl (C=O) groups excluding carboxylic acids is 1. The van der Waals surface area contributed by atoms with Crippen LogP contribution in [0.1, 0.15) is 39.0 Å². The largest absolute Gasteiger partial charge is 0.396 e. The van der Waals surface area contributed by atoms with Gasteiger partial charge in [0.2, 0.25) is 5.91 Å². The average Bonchev–Trinajstić information content (AvgIpc) is 2.37. The van der Waals surface area contributed by atoms with Gasteiger partial charge in [0.15, 0.2) is 0 Å². The van der Waals surface area contributed by atoms with E-state index in [9.17, 15) is 15.2 Å². The third-order valence-corrected chi connectivity index (χ3v) is 4.89. The zero-order valence-corrected chi connectivity index (χ0v) is 11.5. The molecule has 106 valence electrons. The van der Waals surface area contributed by atoms with E-state index < -0.39 is 11.5 Å². The van der Waals surface area contributed by atoms with Gasteiger partial charge in [0.25, 0.3) is 0 Å². The SMILES string of the molecule is C[C@H]1CCN(C(=O)[C@@H](N)C2(CO)CCC2)[C@H](C#N)C1. The summed E-state index contributed by atoms with van der Waals surface area (Å²) in [5.74, 6) is 0.313. The molecule has 0 aromatic carbocycles. The number of aliphatic hydroxyl groups is 1. The van der Waals surface area contributed by atoms with Crippen LogP contribution in [0.25, 0.3) is 0 Å². The van der Waals surface area contributed by atoms with Gasteiger partial charge in [-0.3, -0.25) is 4.79 Å². The van der Waals surface area contributed by atoms with Gasteiger partial charge in [0.05, 0.1) is 18.7 Å². The van der Waals surface area contributed by atoms with Gasteiger partial charge in [0, 0.05) is 12.0 Å². The predicted molar refractivity (Wildman–Crippen MR) is 70.9 cm³/mol. The highest BCUT2D eigenvalue weighted by Gasteiger charge is 2.47. The van der Waals surface area contributed by atoms with Crippen molar-refractivity contribution in [3.63, 3.8) is 0 Å². The van der Waals surface area contributed by atoms with Crippen LogP contribution in [-0.4, -0.2) is 41.1 Å². The molecule has 0 unspecified atom stereocenters. The number of likely N-dealkylation sites (tertiary alicyclic amines) is 1. The van der Waals surface area contributed by atoms with E-state index in [1.54, 1.807) is 4.90 Å². The Balaban J connectivity index is 2.08. The minimum Gasteiger partial charge on any atom is -0.396 e. The normalized spacial score (nSPS) is 31.2. The van der Waals surface area contributed by atoms with Gasteiger partial charge in [0.1, 0.15) is 6.04 Å². The summed E-state index contributed by atoms with van der Waals surface area (Å²) in [7, 11) is 0. The van der Waals surface area contributed by atoms with Crippen molar-refractivity contribution in [1.82, 2.24) is 4.90 Å². The maximum atomic E-state index is 12.5. The molecule has 5 heteroatoms. The Bertz CT molecular complexity index is 381. The number of rotatable bonds is 3. The van der Waals surface area contributed by atoms with Gasteiger partial charge in [-0.1, -0.05) is 13.3 Å². The van der Waals surface area contributed by atoms with Gasteiger partial charge in [-0.25, -0.2) is 0 Å². The highest BCUT2D eigenvalue weighted by molar-refractivity contribution is 5.83. The van der Waals surface area contributed by atoms with Crippen molar-refractivity contribution in [2.24, 2.45) is 17.1 Å². The second-order valence-corrected chi connectivity index (χ2v) is 6.16. The third kappa shape index (κ3) is 2.47. The second-order valence-electron chi connectivity index (χ2n) is 6.16. The standard InChI is InChI=1S/C14H23N3O2/c1-10-3-6-17(11(7-10)8-15)13(19)12(16)14(9-18)4-2-5-14/h10-12,18H,2-7,9,16H2,1H3/t10-,11-,12+/m0/s1. The van der Waals surface area contributed by atoms with Crippen LogP contribution in [-0.2, 0) is 4.79 Å². The van der Waals surface area contributed by atoms with E-state index in [0.717, 1.165) is 32.1 Å². The molecule has 0 spiro atoms. The molecular weight excluding hydrogens is 242 g/mol. The van der Waals surface area contributed by atoms with Gasteiger partial charge in [-0.05, 0) is 31.6 Å². The van der Waals surface area contributed by atoms with Crippen LogP contribution in [0.2, 0.25) is 0 Å². The number of hydrogen-bond acceptors (Lipinski definition) is 4. The summed E-state index contributed by atoms with van der Waals surface area (Å²) < 4.78 is 0. The second kappa shape index (κ2) is 5.48. The van der Waals surface area contributed by atoms with Crippen LogP contribution >= 0.6 is 0 Å².